The maximum atomic E-state index is 5.66. The summed E-state index contributed by atoms with van der Waals surface area (Å²) in [5, 5.41) is 0. The number of halogens is 1. The summed E-state index contributed by atoms with van der Waals surface area (Å²) in [5.41, 5.74) is 7.83. The molecule has 2 N–H and O–H groups in total. The van der Waals surface area contributed by atoms with E-state index >= 15 is 0 Å². The zero-order chi connectivity index (χ0) is 12.3. The number of hydrogen-bond acceptors (Lipinski definition) is 2. The van der Waals surface area contributed by atoms with Crippen LogP contribution in [0.3, 0.4) is 0 Å². The van der Waals surface area contributed by atoms with Crippen molar-refractivity contribution in [3.8, 4) is 0 Å². The first-order valence-corrected chi connectivity index (χ1v) is 7.23. The Morgan fingerprint density at radius 1 is 1.18 bits per heavy atom. The van der Waals surface area contributed by atoms with Gasteiger partial charge in [-0.15, -0.1) is 0 Å². The van der Waals surface area contributed by atoms with Crippen LogP contribution in [-0.4, -0.2) is 18.1 Å². The lowest BCUT2D eigenvalue weighted by Gasteiger charge is -2.23. The molecule has 1 aromatic carbocycles. The summed E-state index contributed by atoms with van der Waals surface area (Å²) in [7, 11) is 0. The zero-order valence-electron chi connectivity index (χ0n) is 9.79. The number of nitrogens with two attached hydrogens (primary N) is 1. The minimum absolute atomic E-state index is 0.444. The molecule has 17 heavy (non-hydrogen) atoms. The van der Waals surface area contributed by atoms with E-state index in [2.05, 4.69) is 33.0 Å². The first kappa shape index (κ1) is 12.8. The fourth-order valence-electron chi connectivity index (χ4n) is 2.23. The van der Waals surface area contributed by atoms with Crippen LogP contribution in [0.2, 0.25) is 0 Å². The van der Waals surface area contributed by atoms with Gasteiger partial charge < -0.3 is 10.6 Å². The van der Waals surface area contributed by atoms with Gasteiger partial charge in [-0.3, -0.25) is 0 Å². The molecule has 4 heteroatoms. The minimum Gasteiger partial charge on any atom is -0.389 e. The average Bonchev–Trinajstić information content (AvgIpc) is 2.56. The lowest BCUT2D eigenvalue weighted by Crippen LogP contribution is -2.24. The van der Waals surface area contributed by atoms with Crippen molar-refractivity contribution in [2.75, 3.05) is 18.0 Å². The van der Waals surface area contributed by atoms with Gasteiger partial charge in [-0.25, -0.2) is 0 Å². The number of thiocarbonyl (C=S) groups is 1. The van der Waals surface area contributed by atoms with Gasteiger partial charge in [-0.05, 0) is 47.0 Å². The summed E-state index contributed by atoms with van der Waals surface area (Å²) < 4.78 is 0.992. The van der Waals surface area contributed by atoms with Crippen LogP contribution in [0.5, 0.6) is 0 Å². The summed E-state index contributed by atoms with van der Waals surface area (Å²) in [6.07, 6.45) is 5.27. The summed E-state index contributed by atoms with van der Waals surface area (Å²) >= 11 is 8.54. The Morgan fingerprint density at radius 3 is 2.35 bits per heavy atom. The van der Waals surface area contributed by atoms with Crippen molar-refractivity contribution in [2.24, 2.45) is 5.73 Å². The third-order valence-corrected chi connectivity index (χ3v) is 4.07. The molecule has 0 saturated carbocycles. The van der Waals surface area contributed by atoms with Gasteiger partial charge in [0, 0.05) is 28.8 Å². The zero-order valence-corrected chi connectivity index (χ0v) is 12.2. The second-order valence-corrected chi connectivity index (χ2v) is 5.72. The van der Waals surface area contributed by atoms with Gasteiger partial charge in [-0.2, -0.15) is 0 Å². The number of rotatable bonds is 2. The summed E-state index contributed by atoms with van der Waals surface area (Å²) in [6.45, 7) is 2.30. The van der Waals surface area contributed by atoms with E-state index in [1.807, 2.05) is 6.07 Å². The highest BCUT2D eigenvalue weighted by Gasteiger charge is 2.11. The molecule has 1 aliphatic heterocycles. The third kappa shape index (κ3) is 3.19. The molecule has 0 spiro atoms. The maximum Gasteiger partial charge on any atom is 0.105 e. The van der Waals surface area contributed by atoms with E-state index in [4.69, 9.17) is 18.0 Å². The van der Waals surface area contributed by atoms with Crippen molar-refractivity contribution >= 4 is 38.8 Å². The topological polar surface area (TPSA) is 29.3 Å². The highest BCUT2D eigenvalue weighted by atomic mass is 79.9. The molecule has 2 rings (SSSR count). The predicted octanol–water partition coefficient (Wildman–Crippen LogP) is 3.46. The van der Waals surface area contributed by atoms with Gasteiger partial charge in [0.2, 0.25) is 0 Å². The summed E-state index contributed by atoms with van der Waals surface area (Å²) in [5.74, 6) is 0. The van der Waals surface area contributed by atoms with Gasteiger partial charge in [0.15, 0.2) is 0 Å². The average molecular weight is 313 g/mol. The van der Waals surface area contributed by atoms with Crippen LogP contribution in [0.15, 0.2) is 22.7 Å². The van der Waals surface area contributed by atoms with Crippen molar-refractivity contribution in [3.05, 3.63) is 28.2 Å². The first-order valence-electron chi connectivity index (χ1n) is 6.03. The Bertz CT molecular complexity index is 412. The summed E-state index contributed by atoms with van der Waals surface area (Å²) in [6, 6.07) is 6.25. The van der Waals surface area contributed by atoms with Crippen LogP contribution >= 0.6 is 28.1 Å². The monoisotopic (exact) mass is 312 g/mol. The maximum absolute atomic E-state index is 5.66. The molecule has 1 heterocycles. The molecule has 0 radical (unpaired) electrons. The molecule has 1 saturated heterocycles. The van der Waals surface area contributed by atoms with Crippen LogP contribution in [0.25, 0.3) is 0 Å². The van der Waals surface area contributed by atoms with Crippen LogP contribution in [0, 0.1) is 0 Å². The summed E-state index contributed by atoms with van der Waals surface area (Å²) in [4.78, 5) is 2.89. The SMILES string of the molecule is NC(=S)c1ccc(N2CCCCCC2)cc1Br. The van der Waals surface area contributed by atoms with E-state index in [-0.39, 0.29) is 0 Å². The molecule has 0 amide bonds. The Hall–Kier alpha value is -0.610. The Kier molecular flexibility index (Phi) is 4.40. The first-order chi connectivity index (χ1) is 8.18. The lowest BCUT2D eigenvalue weighted by atomic mass is 10.2. The smallest absolute Gasteiger partial charge is 0.105 e. The number of hydrogen-bond donors (Lipinski definition) is 1. The van der Waals surface area contributed by atoms with Crippen molar-refractivity contribution in [1.29, 1.82) is 0 Å². The molecular formula is C13H17BrN2S. The highest BCUT2D eigenvalue weighted by Crippen LogP contribution is 2.26. The Morgan fingerprint density at radius 2 is 1.82 bits per heavy atom. The van der Waals surface area contributed by atoms with E-state index in [0.29, 0.717) is 4.99 Å². The molecule has 1 aromatic rings. The molecular weight excluding hydrogens is 296 g/mol. The van der Waals surface area contributed by atoms with E-state index in [9.17, 15) is 0 Å². The normalized spacial score (nSPS) is 16.6. The predicted molar refractivity (Wildman–Crippen MR) is 80.7 cm³/mol. The van der Waals surface area contributed by atoms with Crippen molar-refractivity contribution in [1.82, 2.24) is 0 Å². The second kappa shape index (κ2) is 5.83. The Labute approximate surface area is 116 Å². The van der Waals surface area contributed by atoms with Gasteiger partial charge in [0.1, 0.15) is 4.99 Å². The number of anilines is 1. The van der Waals surface area contributed by atoms with E-state index < -0.39 is 0 Å². The fraction of sp³-hybridized carbons (Fsp3) is 0.462. The van der Waals surface area contributed by atoms with Crippen LogP contribution in [0.4, 0.5) is 5.69 Å². The van der Waals surface area contributed by atoms with Crippen LogP contribution < -0.4 is 10.6 Å². The lowest BCUT2D eigenvalue weighted by molar-refractivity contribution is 0.726. The van der Waals surface area contributed by atoms with E-state index in [1.165, 1.54) is 31.4 Å². The highest BCUT2D eigenvalue weighted by molar-refractivity contribution is 9.10. The molecule has 0 atom stereocenters. The van der Waals surface area contributed by atoms with Crippen molar-refractivity contribution in [3.63, 3.8) is 0 Å². The second-order valence-electron chi connectivity index (χ2n) is 4.43. The molecule has 2 nitrogen and oxygen atoms in total. The van der Waals surface area contributed by atoms with Crippen LogP contribution in [0.1, 0.15) is 31.2 Å². The van der Waals surface area contributed by atoms with Gasteiger partial charge in [0.25, 0.3) is 0 Å². The Balaban J connectivity index is 2.21. The van der Waals surface area contributed by atoms with Crippen LogP contribution in [-0.2, 0) is 0 Å². The van der Waals surface area contributed by atoms with E-state index in [1.54, 1.807) is 0 Å². The molecule has 92 valence electrons. The molecule has 0 unspecified atom stereocenters. The quantitative estimate of drug-likeness (QED) is 0.848. The standard InChI is InChI=1S/C13H17BrN2S/c14-12-9-10(5-6-11(12)13(15)17)16-7-3-1-2-4-8-16/h5-6,9H,1-4,7-8H2,(H2,15,17). The largest absolute Gasteiger partial charge is 0.389 e. The van der Waals surface area contributed by atoms with Gasteiger partial charge in [0.05, 0.1) is 0 Å². The molecule has 0 aromatic heterocycles. The van der Waals surface area contributed by atoms with Gasteiger partial charge in [-0.1, -0.05) is 25.1 Å². The van der Waals surface area contributed by atoms with E-state index in [0.717, 1.165) is 23.1 Å². The van der Waals surface area contributed by atoms with Crippen molar-refractivity contribution in [2.45, 2.75) is 25.7 Å². The number of benzene rings is 1. The van der Waals surface area contributed by atoms with Gasteiger partial charge >= 0.3 is 0 Å². The fourth-order valence-corrected chi connectivity index (χ4v) is 3.12. The molecule has 1 aliphatic rings. The minimum atomic E-state index is 0.444. The number of nitrogens with zero attached hydrogens (tertiary/aromatic N) is 1. The third-order valence-electron chi connectivity index (χ3n) is 3.19. The molecule has 0 aliphatic carbocycles. The molecule has 0 bridgehead atoms. The van der Waals surface area contributed by atoms with Crippen molar-refractivity contribution < 1.29 is 0 Å². The molecule has 1 fully saturated rings.